The van der Waals surface area contributed by atoms with Gasteiger partial charge in [0.25, 0.3) is 0 Å². The lowest BCUT2D eigenvalue weighted by Crippen LogP contribution is -2.55. The van der Waals surface area contributed by atoms with E-state index in [9.17, 15) is 5.11 Å². The lowest BCUT2D eigenvalue weighted by atomic mass is 9.44. The van der Waals surface area contributed by atoms with Crippen LogP contribution in [0.1, 0.15) is 131 Å². The fourth-order valence-corrected chi connectivity index (χ4v) is 10.7. The van der Waals surface area contributed by atoms with Gasteiger partial charge in [-0.2, -0.15) is 0 Å². The van der Waals surface area contributed by atoms with Crippen molar-refractivity contribution in [1.29, 1.82) is 0 Å². The Balaban J connectivity index is 1.39. The molecule has 1 heteroatoms. The molecule has 1 N–H and O–H groups in total. The highest BCUT2D eigenvalue weighted by Crippen LogP contribution is 2.70. The third-order valence-corrected chi connectivity index (χ3v) is 12.2. The molecule has 0 bridgehead atoms. The predicted molar refractivity (Wildman–Crippen MR) is 135 cm³/mol. The van der Waals surface area contributed by atoms with Gasteiger partial charge < -0.3 is 5.11 Å². The number of aliphatic hydroxyl groups excluding tert-OH is 1. The minimum atomic E-state index is -0.0263. The fourth-order valence-electron chi connectivity index (χ4n) is 10.7. The van der Waals surface area contributed by atoms with E-state index in [0.717, 1.165) is 36.0 Å². The van der Waals surface area contributed by atoms with Crippen molar-refractivity contribution in [3.8, 4) is 0 Å². The molecule has 32 heavy (non-hydrogen) atoms. The summed E-state index contributed by atoms with van der Waals surface area (Å²) >= 11 is 0. The van der Waals surface area contributed by atoms with Crippen LogP contribution in [0.15, 0.2) is 11.1 Å². The number of allylic oxidation sites excluding steroid dienone is 2. The molecule has 0 aromatic rings. The van der Waals surface area contributed by atoms with Gasteiger partial charge in [0.15, 0.2) is 0 Å². The van der Waals surface area contributed by atoms with Crippen LogP contribution >= 0.6 is 0 Å². The molecule has 1 spiro atoms. The van der Waals surface area contributed by atoms with E-state index in [0.29, 0.717) is 10.8 Å². The molecule has 0 aromatic heterocycles. The topological polar surface area (TPSA) is 20.2 Å². The largest absolute Gasteiger partial charge is 0.393 e. The van der Waals surface area contributed by atoms with Gasteiger partial charge in [-0.3, -0.25) is 0 Å². The zero-order valence-electron chi connectivity index (χ0n) is 22.0. The monoisotopic (exact) mass is 440 g/mol. The molecule has 5 aliphatic rings. The van der Waals surface area contributed by atoms with Crippen molar-refractivity contribution < 1.29 is 5.11 Å². The molecule has 3 fully saturated rings. The summed E-state index contributed by atoms with van der Waals surface area (Å²) in [4.78, 5) is 0. The van der Waals surface area contributed by atoms with Crippen LogP contribution in [0.5, 0.6) is 0 Å². The predicted octanol–water partition coefficient (Wildman–Crippen LogP) is 8.70. The third-order valence-electron chi connectivity index (χ3n) is 12.2. The summed E-state index contributed by atoms with van der Waals surface area (Å²) in [5, 5.41) is 11.2. The average Bonchev–Trinajstić information content (AvgIpc) is 3.36. The number of hydrogen-bond acceptors (Lipinski definition) is 1. The zero-order valence-corrected chi connectivity index (χ0v) is 22.0. The van der Waals surface area contributed by atoms with Crippen LogP contribution in [0.2, 0.25) is 0 Å². The Labute approximate surface area is 199 Å². The smallest absolute Gasteiger partial charge is 0.0599 e. The summed E-state index contributed by atoms with van der Waals surface area (Å²) in [6, 6.07) is 0. The lowest BCUT2D eigenvalue weighted by molar-refractivity contribution is -0.110. The fraction of sp³-hybridized carbons (Fsp3) is 0.935. The van der Waals surface area contributed by atoms with Crippen molar-refractivity contribution in [3.05, 3.63) is 11.1 Å². The van der Waals surface area contributed by atoms with E-state index in [-0.39, 0.29) is 11.5 Å². The van der Waals surface area contributed by atoms with Gasteiger partial charge in [0.2, 0.25) is 0 Å². The highest BCUT2D eigenvalue weighted by atomic mass is 16.3. The Bertz CT molecular complexity index is 727. The van der Waals surface area contributed by atoms with E-state index in [4.69, 9.17) is 0 Å². The maximum Gasteiger partial charge on any atom is 0.0599 e. The molecule has 0 radical (unpaired) electrons. The Morgan fingerprint density at radius 3 is 2.34 bits per heavy atom. The van der Waals surface area contributed by atoms with Gasteiger partial charge in [0.05, 0.1) is 6.10 Å². The summed E-state index contributed by atoms with van der Waals surface area (Å²) in [5.74, 6) is 4.30. The Morgan fingerprint density at radius 1 is 0.875 bits per heavy atom. The third kappa shape index (κ3) is 3.41. The Morgan fingerprint density at radius 2 is 1.62 bits per heavy atom. The van der Waals surface area contributed by atoms with Crippen LogP contribution in [0, 0.1) is 45.8 Å². The van der Waals surface area contributed by atoms with E-state index in [1.54, 1.807) is 0 Å². The second-order valence-corrected chi connectivity index (χ2v) is 14.1. The highest BCUT2D eigenvalue weighted by Gasteiger charge is 2.61. The van der Waals surface area contributed by atoms with Crippen molar-refractivity contribution in [1.82, 2.24) is 0 Å². The first-order valence-electron chi connectivity index (χ1n) is 14.6. The van der Waals surface area contributed by atoms with E-state index >= 15 is 0 Å². The van der Waals surface area contributed by atoms with Gasteiger partial charge in [-0.05, 0) is 110 Å². The molecule has 0 heterocycles. The maximum absolute atomic E-state index is 11.2. The van der Waals surface area contributed by atoms with E-state index in [2.05, 4.69) is 34.6 Å². The standard InChI is InChI=1S/C31H52O/c1-21(2)9-8-10-22(3)24-12-13-25-23-11-14-27-30(5,26(23)15-19-29(24,25)4)20-16-28(32)31(27)17-6-7-18-31/h21-22,24-25,27-28,32H,6-20H2,1-5H3/t22-,24-,25+,27?,28?,29-,30-/m1/s1. The van der Waals surface area contributed by atoms with Gasteiger partial charge in [0.1, 0.15) is 0 Å². The van der Waals surface area contributed by atoms with Crippen molar-refractivity contribution in [2.24, 2.45) is 45.8 Å². The molecule has 3 saturated carbocycles. The number of hydrogen-bond donors (Lipinski definition) is 1. The summed E-state index contributed by atoms with van der Waals surface area (Å²) in [5.41, 5.74) is 5.06. The van der Waals surface area contributed by atoms with Crippen molar-refractivity contribution in [2.75, 3.05) is 0 Å². The van der Waals surface area contributed by atoms with E-state index in [1.165, 1.54) is 89.9 Å². The van der Waals surface area contributed by atoms with Crippen LogP contribution in [-0.2, 0) is 0 Å². The van der Waals surface area contributed by atoms with Gasteiger partial charge in [-0.15, -0.1) is 0 Å². The van der Waals surface area contributed by atoms with Gasteiger partial charge in [0, 0.05) is 0 Å². The van der Waals surface area contributed by atoms with Crippen LogP contribution < -0.4 is 0 Å². The van der Waals surface area contributed by atoms with E-state index < -0.39 is 0 Å². The first-order chi connectivity index (χ1) is 15.2. The normalized spacial score (nSPS) is 44.0. The lowest BCUT2D eigenvalue weighted by Gasteiger charge is -2.61. The van der Waals surface area contributed by atoms with E-state index in [1.807, 2.05) is 11.1 Å². The molecule has 0 amide bonds. The minimum Gasteiger partial charge on any atom is -0.393 e. The minimum absolute atomic E-state index is 0.0263. The summed E-state index contributed by atoms with van der Waals surface area (Å²) in [7, 11) is 0. The molecule has 5 rings (SSSR count). The van der Waals surface area contributed by atoms with Crippen molar-refractivity contribution in [3.63, 3.8) is 0 Å². The first-order valence-corrected chi connectivity index (χ1v) is 14.6. The quantitative estimate of drug-likeness (QED) is 0.424. The molecule has 0 aliphatic heterocycles. The molecule has 182 valence electrons. The number of fused-ring (bicyclic) bond motifs is 5. The summed E-state index contributed by atoms with van der Waals surface area (Å²) in [6.07, 6.45) is 20.3. The van der Waals surface area contributed by atoms with Crippen molar-refractivity contribution in [2.45, 2.75) is 137 Å². The SMILES string of the molecule is CC(C)CCC[C@@H](C)[C@H]1CC[C@H]2C3=C(CC[C@]12C)[C@@]1(C)CCC(O)C2(CCCC2)C1CC3. The molecule has 7 atom stereocenters. The maximum atomic E-state index is 11.2. The molecule has 1 nitrogen and oxygen atoms in total. The van der Waals surface area contributed by atoms with Gasteiger partial charge in [-0.1, -0.05) is 77.9 Å². The van der Waals surface area contributed by atoms with Crippen LogP contribution in [0.25, 0.3) is 0 Å². The second-order valence-electron chi connectivity index (χ2n) is 14.1. The number of rotatable bonds is 5. The van der Waals surface area contributed by atoms with Crippen LogP contribution in [0.4, 0.5) is 0 Å². The van der Waals surface area contributed by atoms with Crippen molar-refractivity contribution >= 4 is 0 Å². The molecule has 2 unspecified atom stereocenters. The zero-order chi connectivity index (χ0) is 22.7. The molecule has 0 aromatic carbocycles. The molecular formula is C31H52O. The van der Waals surface area contributed by atoms with Crippen LogP contribution in [-0.4, -0.2) is 11.2 Å². The second kappa shape index (κ2) is 8.42. The molecule has 5 aliphatic carbocycles. The molecule has 0 saturated heterocycles. The van der Waals surface area contributed by atoms with Crippen LogP contribution in [0.3, 0.4) is 0 Å². The van der Waals surface area contributed by atoms with Gasteiger partial charge in [-0.25, -0.2) is 0 Å². The first kappa shape index (κ1) is 23.4. The molecular weight excluding hydrogens is 388 g/mol. The Kier molecular flexibility index (Phi) is 6.17. The summed E-state index contributed by atoms with van der Waals surface area (Å²) < 4.78 is 0. The summed E-state index contributed by atoms with van der Waals surface area (Å²) in [6.45, 7) is 12.7. The Hall–Kier alpha value is -0.300. The number of aliphatic hydroxyl groups is 1. The highest BCUT2D eigenvalue weighted by molar-refractivity contribution is 5.35. The average molecular weight is 441 g/mol. The van der Waals surface area contributed by atoms with Gasteiger partial charge >= 0.3 is 0 Å².